The minimum atomic E-state index is -0.204. The van der Waals surface area contributed by atoms with Crippen molar-refractivity contribution >= 4 is 17.5 Å². The van der Waals surface area contributed by atoms with Crippen LogP contribution in [-0.4, -0.2) is 37.7 Å². The van der Waals surface area contributed by atoms with E-state index in [4.69, 9.17) is 9.47 Å². The molecule has 2 aromatic carbocycles. The Labute approximate surface area is 184 Å². The van der Waals surface area contributed by atoms with Gasteiger partial charge < -0.3 is 20.1 Å². The van der Waals surface area contributed by atoms with Crippen molar-refractivity contribution < 1.29 is 19.1 Å². The highest BCUT2D eigenvalue weighted by molar-refractivity contribution is 6.04. The van der Waals surface area contributed by atoms with Crippen LogP contribution in [0.3, 0.4) is 0 Å². The van der Waals surface area contributed by atoms with Gasteiger partial charge in [0.15, 0.2) is 0 Å². The van der Waals surface area contributed by atoms with E-state index in [9.17, 15) is 9.59 Å². The molecule has 1 unspecified atom stereocenters. The Morgan fingerprint density at radius 1 is 0.968 bits per heavy atom. The number of nitrogens with one attached hydrogen (secondary N) is 2. The van der Waals surface area contributed by atoms with Crippen molar-refractivity contribution in [2.24, 2.45) is 0 Å². The van der Waals surface area contributed by atoms with E-state index < -0.39 is 0 Å². The van der Waals surface area contributed by atoms with Crippen molar-refractivity contribution in [1.29, 1.82) is 0 Å². The van der Waals surface area contributed by atoms with Gasteiger partial charge in [-0.2, -0.15) is 0 Å². The van der Waals surface area contributed by atoms with E-state index in [-0.39, 0.29) is 17.9 Å². The molecule has 0 saturated carbocycles. The molecule has 3 rings (SSSR count). The second-order valence-corrected chi connectivity index (χ2v) is 7.81. The molecule has 0 radical (unpaired) electrons. The molecule has 1 atom stereocenters. The molecule has 31 heavy (non-hydrogen) atoms. The third-order valence-electron chi connectivity index (χ3n) is 5.30. The predicted octanol–water partition coefficient (Wildman–Crippen LogP) is 4.81. The quantitative estimate of drug-likeness (QED) is 0.508. The first-order valence-corrected chi connectivity index (χ1v) is 11.2. The maximum Gasteiger partial charge on any atom is 0.255 e. The van der Waals surface area contributed by atoms with Gasteiger partial charge in [-0.3, -0.25) is 9.59 Å². The topological polar surface area (TPSA) is 76.7 Å². The van der Waals surface area contributed by atoms with Crippen LogP contribution >= 0.6 is 0 Å². The number of hydrogen-bond donors (Lipinski definition) is 2. The first-order valence-electron chi connectivity index (χ1n) is 11.2. The van der Waals surface area contributed by atoms with Gasteiger partial charge >= 0.3 is 0 Å². The van der Waals surface area contributed by atoms with Crippen molar-refractivity contribution in [2.45, 2.75) is 51.6 Å². The lowest BCUT2D eigenvalue weighted by molar-refractivity contribution is 0.0857. The maximum atomic E-state index is 12.5. The highest BCUT2D eigenvalue weighted by Crippen LogP contribution is 2.16. The van der Waals surface area contributed by atoms with Crippen molar-refractivity contribution in [1.82, 2.24) is 5.32 Å². The third kappa shape index (κ3) is 7.40. The molecule has 0 bridgehead atoms. The average molecular weight is 425 g/mol. The lowest BCUT2D eigenvalue weighted by atomic mass is 10.1. The number of rotatable bonds is 11. The summed E-state index contributed by atoms with van der Waals surface area (Å²) in [7, 11) is 0. The highest BCUT2D eigenvalue weighted by atomic mass is 16.5. The van der Waals surface area contributed by atoms with Gasteiger partial charge in [-0.15, -0.1) is 0 Å². The molecule has 0 aromatic heterocycles. The standard InChI is InChI=1S/C25H32N2O4/c1-2-3-4-5-16-30-22-14-10-20(11-15-22)25(29)27-21-12-8-19(9-13-21)24(28)26-18-23-7-6-17-31-23/h8-15,23H,2-7,16-18H2,1H3,(H,26,28)(H,27,29). The van der Waals surface area contributed by atoms with Gasteiger partial charge in [0.25, 0.3) is 11.8 Å². The van der Waals surface area contributed by atoms with Gasteiger partial charge in [0.1, 0.15) is 5.75 Å². The van der Waals surface area contributed by atoms with Gasteiger partial charge in [0.2, 0.25) is 0 Å². The van der Waals surface area contributed by atoms with E-state index in [1.165, 1.54) is 19.3 Å². The first-order chi connectivity index (χ1) is 15.2. The van der Waals surface area contributed by atoms with Gasteiger partial charge in [0.05, 0.1) is 12.7 Å². The van der Waals surface area contributed by atoms with Crippen LogP contribution in [0.2, 0.25) is 0 Å². The lowest BCUT2D eigenvalue weighted by Gasteiger charge is -2.11. The number of hydrogen-bond acceptors (Lipinski definition) is 4. The molecule has 166 valence electrons. The van der Waals surface area contributed by atoms with Crippen molar-refractivity contribution in [2.75, 3.05) is 25.1 Å². The molecule has 1 saturated heterocycles. The predicted molar refractivity (Wildman–Crippen MR) is 122 cm³/mol. The van der Waals surface area contributed by atoms with Crippen LogP contribution in [0.4, 0.5) is 5.69 Å². The minimum absolute atomic E-state index is 0.111. The molecule has 1 aliphatic heterocycles. The summed E-state index contributed by atoms with van der Waals surface area (Å²) < 4.78 is 11.2. The van der Waals surface area contributed by atoms with Crippen LogP contribution in [0.15, 0.2) is 48.5 Å². The Balaban J connectivity index is 1.44. The smallest absolute Gasteiger partial charge is 0.255 e. The monoisotopic (exact) mass is 424 g/mol. The summed E-state index contributed by atoms with van der Waals surface area (Å²) in [5.41, 5.74) is 1.74. The molecular formula is C25H32N2O4. The fourth-order valence-corrected chi connectivity index (χ4v) is 3.44. The minimum Gasteiger partial charge on any atom is -0.494 e. The number of amides is 2. The Bertz CT molecular complexity index is 828. The van der Waals surface area contributed by atoms with Crippen LogP contribution in [-0.2, 0) is 4.74 Å². The zero-order valence-corrected chi connectivity index (χ0v) is 18.2. The van der Waals surface area contributed by atoms with Gasteiger partial charge in [-0.25, -0.2) is 0 Å². The first kappa shape index (κ1) is 22.8. The third-order valence-corrected chi connectivity index (χ3v) is 5.30. The number of carbonyl (C=O) groups is 2. The Kier molecular flexibility index (Phi) is 8.91. The van der Waals surface area contributed by atoms with Crippen LogP contribution in [0.25, 0.3) is 0 Å². The van der Waals surface area contributed by atoms with E-state index >= 15 is 0 Å². The molecular weight excluding hydrogens is 392 g/mol. The van der Waals surface area contributed by atoms with Gasteiger partial charge in [-0.1, -0.05) is 26.2 Å². The summed E-state index contributed by atoms with van der Waals surface area (Å²) in [6.45, 7) is 4.17. The average Bonchev–Trinajstić information content (AvgIpc) is 3.32. The van der Waals surface area contributed by atoms with E-state index in [2.05, 4.69) is 17.6 Å². The Morgan fingerprint density at radius 3 is 2.35 bits per heavy atom. The van der Waals surface area contributed by atoms with Gasteiger partial charge in [0, 0.05) is 30.0 Å². The Morgan fingerprint density at radius 2 is 1.68 bits per heavy atom. The molecule has 2 aromatic rings. The number of anilines is 1. The zero-order valence-electron chi connectivity index (χ0n) is 18.2. The summed E-state index contributed by atoms with van der Waals surface area (Å²) in [5, 5.41) is 5.75. The SMILES string of the molecule is CCCCCCOc1ccc(C(=O)Nc2ccc(C(=O)NCC3CCCO3)cc2)cc1. The molecule has 1 heterocycles. The molecule has 6 nitrogen and oxygen atoms in total. The number of carbonyl (C=O) groups excluding carboxylic acids is 2. The van der Waals surface area contributed by atoms with Crippen LogP contribution in [0, 0.1) is 0 Å². The normalized spacial score (nSPS) is 15.5. The van der Waals surface area contributed by atoms with Crippen molar-refractivity contribution in [3.63, 3.8) is 0 Å². The van der Waals surface area contributed by atoms with E-state index in [0.717, 1.165) is 31.6 Å². The summed E-state index contributed by atoms with van der Waals surface area (Å²) in [6.07, 6.45) is 6.78. The fourth-order valence-electron chi connectivity index (χ4n) is 3.44. The molecule has 0 aliphatic carbocycles. The molecule has 2 amide bonds. The van der Waals surface area contributed by atoms with E-state index in [0.29, 0.717) is 30.0 Å². The summed E-state index contributed by atoms with van der Waals surface area (Å²) in [4.78, 5) is 24.7. The molecule has 2 N–H and O–H groups in total. The van der Waals surface area contributed by atoms with Crippen molar-refractivity contribution in [3.8, 4) is 5.75 Å². The number of benzene rings is 2. The second-order valence-electron chi connectivity index (χ2n) is 7.81. The summed E-state index contributed by atoms with van der Waals surface area (Å²) in [6, 6.07) is 14.0. The van der Waals surface area contributed by atoms with Crippen LogP contribution in [0.5, 0.6) is 5.75 Å². The molecule has 1 aliphatic rings. The largest absolute Gasteiger partial charge is 0.494 e. The second kappa shape index (κ2) is 12.1. The fraction of sp³-hybridized carbons (Fsp3) is 0.440. The van der Waals surface area contributed by atoms with Crippen LogP contribution < -0.4 is 15.4 Å². The Hall–Kier alpha value is -2.86. The molecule has 6 heteroatoms. The summed E-state index contributed by atoms with van der Waals surface area (Å²) >= 11 is 0. The lowest BCUT2D eigenvalue weighted by Crippen LogP contribution is -2.31. The van der Waals surface area contributed by atoms with Gasteiger partial charge in [-0.05, 0) is 67.8 Å². The van der Waals surface area contributed by atoms with Crippen LogP contribution in [0.1, 0.15) is 66.2 Å². The van der Waals surface area contributed by atoms with Crippen molar-refractivity contribution in [3.05, 3.63) is 59.7 Å². The van der Waals surface area contributed by atoms with E-state index in [1.54, 1.807) is 36.4 Å². The molecule has 1 fully saturated rings. The molecule has 0 spiro atoms. The number of unbranched alkanes of at least 4 members (excludes halogenated alkanes) is 3. The zero-order chi connectivity index (χ0) is 21.9. The highest BCUT2D eigenvalue weighted by Gasteiger charge is 2.16. The van der Waals surface area contributed by atoms with E-state index in [1.807, 2.05) is 12.1 Å². The maximum absolute atomic E-state index is 12.5. The summed E-state index contributed by atoms with van der Waals surface area (Å²) in [5.74, 6) is 0.426. The number of ether oxygens (including phenoxy) is 2.